The fourth-order valence-electron chi connectivity index (χ4n) is 3.45. The van der Waals surface area contributed by atoms with Gasteiger partial charge >= 0.3 is 0 Å². The first-order chi connectivity index (χ1) is 8.75. The molecule has 4 heteroatoms. The van der Waals surface area contributed by atoms with Crippen molar-refractivity contribution in [3.05, 3.63) is 23.9 Å². The van der Waals surface area contributed by atoms with E-state index in [4.69, 9.17) is 11.1 Å². The van der Waals surface area contributed by atoms with Gasteiger partial charge < -0.3 is 10.6 Å². The summed E-state index contributed by atoms with van der Waals surface area (Å²) >= 11 is 0. The number of rotatable bonds is 2. The highest BCUT2D eigenvalue weighted by atomic mass is 15.2. The molecular formula is C14H20N4. The quantitative estimate of drug-likeness (QED) is 0.618. The second-order valence-corrected chi connectivity index (χ2v) is 5.41. The lowest BCUT2D eigenvalue weighted by Crippen LogP contribution is -2.43. The van der Waals surface area contributed by atoms with Crippen molar-refractivity contribution >= 4 is 11.7 Å². The van der Waals surface area contributed by atoms with Gasteiger partial charge in [-0.1, -0.05) is 6.42 Å². The van der Waals surface area contributed by atoms with Crippen LogP contribution in [0.4, 0.5) is 5.82 Å². The summed E-state index contributed by atoms with van der Waals surface area (Å²) in [6.07, 6.45) is 8.42. The summed E-state index contributed by atoms with van der Waals surface area (Å²) in [4.78, 5) is 6.95. The molecule has 1 saturated carbocycles. The van der Waals surface area contributed by atoms with Gasteiger partial charge in [0, 0.05) is 24.3 Å². The van der Waals surface area contributed by atoms with Crippen LogP contribution in [0.25, 0.3) is 0 Å². The molecule has 3 N–H and O–H groups in total. The summed E-state index contributed by atoms with van der Waals surface area (Å²) in [7, 11) is 0. The molecule has 1 aromatic heterocycles. The molecule has 2 fully saturated rings. The van der Waals surface area contributed by atoms with Gasteiger partial charge in [-0.15, -0.1) is 0 Å². The predicted molar refractivity (Wildman–Crippen MR) is 73.0 cm³/mol. The third kappa shape index (κ3) is 1.96. The summed E-state index contributed by atoms with van der Waals surface area (Å²) in [6, 6.07) is 4.61. The maximum absolute atomic E-state index is 7.39. The fraction of sp³-hybridized carbons (Fsp3) is 0.571. The maximum Gasteiger partial charge on any atom is 0.128 e. The van der Waals surface area contributed by atoms with Crippen molar-refractivity contribution in [3.63, 3.8) is 0 Å². The largest absolute Gasteiger partial charge is 0.384 e. The first-order valence-corrected chi connectivity index (χ1v) is 6.83. The van der Waals surface area contributed by atoms with E-state index in [0.717, 1.165) is 18.3 Å². The Hall–Kier alpha value is -1.58. The van der Waals surface area contributed by atoms with E-state index in [1.54, 1.807) is 6.20 Å². The molecule has 0 amide bonds. The monoisotopic (exact) mass is 244 g/mol. The lowest BCUT2D eigenvalue weighted by atomic mass is 9.92. The number of nitrogen functional groups attached to an aromatic ring is 1. The Bertz CT molecular complexity index is 440. The Labute approximate surface area is 108 Å². The lowest BCUT2D eigenvalue weighted by Gasteiger charge is -2.38. The van der Waals surface area contributed by atoms with E-state index in [2.05, 4.69) is 9.88 Å². The van der Waals surface area contributed by atoms with Crippen LogP contribution in [0.15, 0.2) is 18.3 Å². The molecule has 1 aromatic rings. The van der Waals surface area contributed by atoms with Gasteiger partial charge in [-0.25, -0.2) is 4.98 Å². The molecule has 4 nitrogen and oxygen atoms in total. The van der Waals surface area contributed by atoms with Gasteiger partial charge in [0.25, 0.3) is 0 Å². The van der Waals surface area contributed by atoms with Crippen molar-refractivity contribution in [2.24, 2.45) is 11.7 Å². The Morgan fingerprint density at radius 2 is 2.11 bits per heavy atom. The smallest absolute Gasteiger partial charge is 0.128 e. The van der Waals surface area contributed by atoms with Gasteiger partial charge in [0.15, 0.2) is 0 Å². The van der Waals surface area contributed by atoms with Crippen molar-refractivity contribution in [1.82, 2.24) is 4.98 Å². The third-order valence-corrected chi connectivity index (χ3v) is 4.35. The minimum Gasteiger partial charge on any atom is -0.384 e. The molecule has 0 bridgehead atoms. The molecule has 18 heavy (non-hydrogen) atoms. The van der Waals surface area contributed by atoms with E-state index in [0.29, 0.717) is 11.6 Å². The van der Waals surface area contributed by atoms with E-state index in [-0.39, 0.29) is 5.84 Å². The molecule has 0 aromatic carbocycles. The number of fused-ring (bicyclic) bond motifs is 1. The molecule has 1 aliphatic carbocycles. The average Bonchev–Trinajstić information content (AvgIpc) is 2.87. The molecule has 0 spiro atoms. The van der Waals surface area contributed by atoms with Crippen molar-refractivity contribution in [3.8, 4) is 0 Å². The highest BCUT2D eigenvalue weighted by Crippen LogP contribution is 2.38. The van der Waals surface area contributed by atoms with Crippen LogP contribution in [-0.2, 0) is 0 Å². The normalized spacial score (nSPS) is 27.0. The van der Waals surface area contributed by atoms with Gasteiger partial charge in [0.1, 0.15) is 11.7 Å². The number of hydrogen-bond donors (Lipinski definition) is 2. The number of pyridine rings is 1. The number of nitrogens with one attached hydrogen (secondary N) is 1. The van der Waals surface area contributed by atoms with Crippen LogP contribution >= 0.6 is 0 Å². The van der Waals surface area contributed by atoms with Crippen LogP contribution in [0.1, 0.15) is 37.7 Å². The minimum atomic E-state index is 0.0893. The number of nitrogens with zero attached hydrogens (tertiary/aromatic N) is 2. The van der Waals surface area contributed by atoms with Gasteiger partial charge in [0.05, 0.1) is 0 Å². The molecule has 0 radical (unpaired) electrons. The molecule has 2 aliphatic rings. The summed E-state index contributed by atoms with van der Waals surface area (Å²) in [5.41, 5.74) is 6.16. The second kappa shape index (κ2) is 4.59. The van der Waals surface area contributed by atoms with Crippen molar-refractivity contribution in [2.45, 2.75) is 38.1 Å². The molecule has 2 heterocycles. The maximum atomic E-state index is 7.39. The van der Waals surface area contributed by atoms with E-state index >= 15 is 0 Å². The summed E-state index contributed by atoms with van der Waals surface area (Å²) in [6.45, 7) is 1.12. The Balaban J connectivity index is 1.82. The molecule has 2 atom stereocenters. The molecule has 96 valence electrons. The summed E-state index contributed by atoms with van der Waals surface area (Å²) in [5.74, 6) is 2.01. The number of anilines is 1. The van der Waals surface area contributed by atoms with Crippen molar-refractivity contribution in [2.75, 3.05) is 11.4 Å². The average molecular weight is 244 g/mol. The van der Waals surface area contributed by atoms with Crippen LogP contribution in [0, 0.1) is 11.3 Å². The zero-order chi connectivity index (χ0) is 12.5. The number of amidine groups is 1. The first kappa shape index (κ1) is 11.5. The molecule has 1 aliphatic heterocycles. The van der Waals surface area contributed by atoms with Crippen LogP contribution in [0.5, 0.6) is 0 Å². The molecule has 2 unspecified atom stereocenters. The zero-order valence-electron chi connectivity index (χ0n) is 10.6. The van der Waals surface area contributed by atoms with Crippen LogP contribution < -0.4 is 10.6 Å². The molecule has 3 rings (SSSR count). The number of aromatic nitrogens is 1. The van der Waals surface area contributed by atoms with Gasteiger partial charge in [-0.05, 0) is 43.7 Å². The number of piperidine rings is 1. The van der Waals surface area contributed by atoms with E-state index in [9.17, 15) is 0 Å². The van der Waals surface area contributed by atoms with Gasteiger partial charge in [0.2, 0.25) is 0 Å². The number of nitrogens with two attached hydrogens (primary N) is 1. The highest BCUT2D eigenvalue weighted by Gasteiger charge is 2.35. The molecular weight excluding hydrogens is 224 g/mol. The second-order valence-electron chi connectivity index (χ2n) is 5.41. The topological polar surface area (TPSA) is 66.0 Å². The van der Waals surface area contributed by atoms with Crippen molar-refractivity contribution < 1.29 is 0 Å². The standard InChI is InChI=1S/C14H20N4/c15-14(16)11-6-7-13(17-9-11)18-8-2-4-10-3-1-5-12(10)18/h6-7,9-10,12H,1-5,8H2,(H3,15,16). The van der Waals surface area contributed by atoms with Gasteiger partial charge in [-0.3, -0.25) is 5.41 Å². The first-order valence-electron chi connectivity index (χ1n) is 6.83. The van der Waals surface area contributed by atoms with Crippen LogP contribution in [0.2, 0.25) is 0 Å². The number of hydrogen-bond acceptors (Lipinski definition) is 3. The Kier molecular flexibility index (Phi) is 2.94. The van der Waals surface area contributed by atoms with Crippen molar-refractivity contribution in [1.29, 1.82) is 5.41 Å². The van der Waals surface area contributed by atoms with Crippen LogP contribution in [-0.4, -0.2) is 23.4 Å². The summed E-state index contributed by atoms with van der Waals surface area (Å²) in [5, 5.41) is 7.39. The van der Waals surface area contributed by atoms with E-state index in [1.165, 1.54) is 32.1 Å². The van der Waals surface area contributed by atoms with E-state index in [1.807, 2.05) is 12.1 Å². The van der Waals surface area contributed by atoms with E-state index < -0.39 is 0 Å². The Morgan fingerprint density at radius 3 is 2.83 bits per heavy atom. The third-order valence-electron chi connectivity index (χ3n) is 4.35. The Morgan fingerprint density at radius 1 is 1.28 bits per heavy atom. The molecule has 1 saturated heterocycles. The fourth-order valence-corrected chi connectivity index (χ4v) is 3.45. The van der Waals surface area contributed by atoms with Gasteiger partial charge in [-0.2, -0.15) is 0 Å². The SMILES string of the molecule is N=C(N)c1ccc(N2CCCC3CCCC32)nc1. The zero-order valence-corrected chi connectivity index (χ0v) is 10.6. The lowest BCUT2D eigenvalue weighted by molar-refractivity contribution is 0.360. The summed E-state index contributed by atoms with van der Waals surface area (Å²) < 4.78 is 0. The van der Waals surface area contributed by atoms with Crippen LogP contribution in [0.3, 0.4) is 0 Å². The predicted octanol–water partition coefficient (Wildman–Crippen LogP) is 2.13. The highest BCUT2D eigenvalue weighted by molar-refractivity contribution is 5.94. The minimum absolute atomic E-state index is 0.0893.